The van der Waals surface area contributed by atoms with Crippen LogP contribution in [0, 0.1) is 0 Å². The molecule has 0 N–H and O–H groups in total. The Hall–Kier alpha value is -1.77. The third-order valence-electron chi connectivity index (χ3n) is 1.91. The molecule has 0 fully saturated rings. The van der Waals surface area contributed by atoms with Crippen LogP contribution in [-0.4, -0.2) is 12.1 Å². The summed E-state index contributed by atoms with van der Waals surface area (Å²) in [6, 6.07) is 6.76. The zero-order chi connectivity index (χ0) is 9.26. The second kappa shape index (κ2) is 2.94. The molecular formula is C10H8NO2-. The van der Waals surface area contributed by atoms with Gasteiger partial charge in [-0.25, -0.2) is 0 Å². The molecule has 1 aromatic carbocycles. The lowest BCUT2D eigenvalue weighted by Gasteiger charge is -2.10. The summed E-state index contributed by atoms with van der Waals surface area (Å²) < 4.78 is 5.10. The Labute approximate surface area is 75.6 Å². The average Bonchev–Trinajstić information content (AvgIpc) is 2.18. The lowest BCUT2D eigenvalue weighted by Crippen LogP contribution is -1.93. The minimum Gasteiger partial charge on any atom is -0.871 e. The van der Waals surface area contributed by atoms with E-state index in [0.717, 1.165) is 5.39 Å². The number of rotatable bonds is 1. The first-order valence-corrected chi connectivity index (χ1v) is 3.91. The third-order valence-corrected chi connectivity index (χ3v) is 1.91. The zero-order valence-electron chi connectivity index (χ0n) is 7.15. The molecule has 0 aliphatic carbocycles. The van der Waals surface area contributed by atoms with Crippen molar-refractivity contribution in [3.05, 3.63) is 30.5 Å². The number of nitrogens with zero attached hydrogens (tertiary/aromatic N) is 1. The van der Waals surface area contributed by atoms with E-state index in [1.54, 1.807) is 25.4 Å². The minimum atomic E-state index is -0.0728. The Bertz CT molecular complexity index is 440. The first kappa shape index (κ1) is 7.86. The molecule has 0 aliphatic rings. The molecule has 1 aromatic heterocycles. The van der Waals surface area contributed by atoms with Gasteiger partial charge in [-0.2, -0.15) is 0 Å². The van der Waals surface area contributed by atoms with E-state index in [2.05, 4.69) is 4.98 Å². The third kappa shape index (κ3) is 1.18. The molecule has 0 aliphatic heterocycles. The topological polar surface area (TPSA) is 45.2 Å². The van der Waals surface area contributed by atoms with Gasteiger partial charge in [-0.3, -0.25) is 4.98 Å². The number of methoxy groups -OCH3 is 1. The number of para-hydroxylation sites is 1. The van der Waals surface area contributed by atoms with Gasteiger partial charge >= 0.3 is 0 Å². The maximum atomic E-state index is 11.3. The van der Waals surface area contributed by atoms with E-state index in [1.807, 2.05) is 6.07 Å². The van der Waals surface area contributed by atoms with Gasteiger partial charge in [-0.15, -0.1) is 0 Å². The summed E-state index contributed by atoms with van der Waals surface area (Å²) in [5.41, 5.74) is 0.460. The first-order chi connectivity index (χ1) is 6.33. The number of fused-ring (bicyclic) bond motifs is 1. The highest BCUT2D eigenvalue weighted by Gasteiger charge is 2.00. The Morgan fingerprint density at radius 2 is 2.15 bits per heavy atom. The molecule has 2 aromatic rings. The maximum Gasteiger partial charge on any atom is 0.129 e. The number of hydrogen-bond donors (Lipinski definition) is 0. The molecule has 3 heteroatoms. The average molecular weight is 174 g/mol. The Morgan fingerprint density at radius 3 is 2.92 bits per heavy atom. The van der Waals surface area contributed by atoms with Gasteiger partial charge < -0.3 is 9.84 Å². The van der Waals surface area contributed by atoms with Gasteiger partial charge in [0, 0.05) is 11.6 Å². The van der Waals surface area contributed by atoms with Crippen molar-refractivity contribution in [3.8, 4) is 11.5 Å². The van der Waals surface area contributed by atoms with Crippen molar-refractivity contribution in [1.82, 2.24) is 4.98 Å². The van der Waals surface area contributed by atoms with Crippen LogP contribution in [0.25, 0.3) is 10.9 Å². The summed E-state index contributed by atoms with van der Waals surface area (Å²) in [5.74, 6) is 0.610. The molecule has 0 amide bonds. The second-order valence-corrected chi connectivity index (χ2v) is 2.67. The standard InChI is InChI=1S/C10H9NO2/c1-13-9-5-6-11-10-7(9)3-2-4-8(10)12/h2-6,12H,1H3/p-1. The van der Waals surface area contributed by atoms with Gasteiger partial charge in [0.15, 0.2) is 0 Å². The molecule has 3 nitrogen and oxygen atoms in total. The van der Waals surface area contributed by atoms with Crippen LogP contribution in [0.15, 0.2) is 30.5 Å². The molecule has 1 heterocycles. The van der Waals surface area contributed by atoms with Crippen molar-refractivity contribution in [3.63, 3.8) is 0 Å². The van der Waals surface area contributed by atoms with E-state index in [9.17, 15) is 5.11 Å². The fourth-order valence-electron chi connectivity index (χ4n) is 1.30. The molecule has 66 valence electrons. The number of aromatic nitrogens is 1. The van der Waals surface area contributed by atoms with Crippen molar-refractivity contribution in [2.24, 2.45) is 0 Å². The van der Waals surface area contributed by atoms with Crippen molar-refractivity contribution in [2.75, 3.05) is 7.11 Å². The fourth-order valence-corrected chi connectivity index (χ4v) is 1.30. The summed E-state index contributed by atoms with van der Waals surface area (Å²) in [5, 5.41) is 12.1. The van der Waals surface area contributed by atoms with E-state index in [1.165, 1.54) is 6.07 Å². The number of hydrogen-bond acceptors (Lipinski definition) is 3. The lowest BCUT2D eigenvalue weighted by atomic mass is 10.2. The second-order valence-electron chi connectivity index (χ2n) is 2.67. The molecule has 0 radical (unpaired) electrons. The van der Waals surface area contributed by atoms with E-state index in [0.29, 0.717) is 11.3 Å². The molecule has 0 saturated carbocycles. The molecule has 0 atom stereocenters. The SMILES string of the molecule is COc1ccnc2c([O-])cccc12. The van der Waals surface area contributed by atoms with E-state index in [-0.39, 0.29) is 5.75 Å². The van der Waals surface area contributed by atoms with E-state index >= 15 is 0 Å². The van der Waals surface area contributed by atoms with Crippen molar-refractivity contribution in [1.29, 1.82) is 0 Å². The molecule has 2 rings (SSSR count). The van der Waals surface area contributed by atoms with Gasteiger partial charge in [-0.05, 0) is 12.1 Å². The van der Waals surface area contributed by atoms with Crippen LogP contribution < -0.4 is 9.84 Å². The fraction of sp³-hybridized carbons (Fsp3) is 0.100. The van der Waals surface area contributed by atoms with Crippen LogP contribution in [-0.2, 0) is 0 Å². The lowest BCUT2D eigenvalue weighted by molar-refractivity contribution is -0.266. The normalized spacial score (nSPS) is 10.2. The van der Waals surface area contributed by atoms with Gasteiger partial charge in [0.25, 0.3) is 0 Å². The van der Waals surface area contributed by atoms with E-state index in [4.69, 9.17) is 4.74 Å². The number of benzene rings is 1. The number of pyridine rings is 1. The molecule has 0 bridgehead atoms. The molecule has 0 saturated heterocycles. The summed E-state index contributed by atoms with van der Waals surface area (Å²) >= 11 is 0. The minimum absolute atomic E-state index is 0.0728. The Balaban J connectivity index is 2.84. The summed E-state index contributed by atoms with van der Waals surface area (Å²) in [4.78, 5) is 4.00. The van der Waals surface area contributed by atoms with Crippen LogP contribution in [0.4, 0.5) is 0 Å². The summed E-state index contributed by atoms with van der Waals surface area (Å²) in [7, 11) is 1.58. The van der Waals surface area contributed by atoms with E-state index < -0.39 is 0 Å². The predicted octanol–water partition coefficient (Wildman–Crippen LogP) is 1.32. The Kier molecular flexibility index (Phi) is 1.77. The highest BCUT2D eigenvalue weighted by Crippen LogP contribution is 2.27. The maximum absolute atomic E-state index is 11.3. The first-order valence-electron chi connectivity index (χ1n) is 3.91. The van der Waals surface area contributed by atoms with Crippen molar-refractivity contribution in [2.45, 2.75) is 0 Å². The quantitative estimate of drug-likeness (QED) is 0.654. The number of ether oxygens (including phenoxy) is 1. The van der Waals surface area contributed by atoms with Crippen LogP contribution >= 0.6 is 0 Å². The smallest absolute Gasteiger partial charge is 0.129 e. The predicted molar refractivity (Wildman–Crippen MR) is 47.7 cm³/mol. The van der Waals surface area contributed by atoms with Crippen molar-refractivity contribution < 1.29 is 9.84 Å². The van der Waals surface area contributed by atoms with Gasteiger partial charge in [0.05, 0.1) is 12.6 Å². The molecule has 13 heavy (non-hydrogen) atoms. The summed E-state index contributed by atoms with van der Waals surface area (Å²) in [6.45, 7) is 0. The van der Waals surface area contributed by atoms with Crippen LogP contribution in [0.2, 0.25) is 0 Å². The van der Waals surface area contributed by atoms with Gasteiger partial charge in [0.1, 0.15) is 5.75 Å². The van der Waals surface area contributed by atoms with Crippen LogP contribution in [0.1, 0.15) is 0 Å². The molecule has 0 spiro atoms. The Morgan fingerprint density at radius 1 is 1.31 bits per heavy atom. The highest BCUT2D eigenvalue weighted by molar-refractivity contribution is 5.88. The van der Waals surface area contributed by atoms with Gasteiger partial charge in [0.2, 0.25) is 0 Å². The van der Waals surface area contributed by atoms with Crippen LogP contribution in [0.3, 0.4) is 0 Å². The van der Waals surface area contributed by atoms with Crippen molar-refractivity contribution >= 4 is 10.9 Å². The van der Waals surface area contributed by atoms with Crippen LogP contribution in [0.5, 0.6) is 11.5 Å². The summed E-state index contributed by atoms with van der Waals surface area (Å²) in [6.07, 6.45) is 1.57. The zero-order valence-corrected chi connectivity index (χ0v) is 7.15. The highest BCUT2D eigenvalue weighted by atomic mass is 16.5. The molecular weight excluding hydrogens is 166 g/mol. The van der Waals surface area contributed by atoms with Gasteiger partial charge in [-0.1, -0.05) is 17.9 Å². The molecule has 0 unspecified atom stereocenters. The largest absolute Gasteiger partial charge is 0.871 e. The monoisotopic (exact) mass is 174 g/mol.